The first-order valence-electron chi connectivity index (χ1n) is 9.35. The third-order valence-electron chi connectivity index (χ3n) is 5.36. The van der Waals surface area contributed by atoms with Crippen LogP contribution in [0.15, 0.2) is 34.7 Å². The van der Waals surface area contributed by atoms with Crippen LogP contribution in [0.25, 0.3) is 11.3 Å². The van der Waals surface area contributed by atoms with Gasteiger partial charge in [0.05, 0.1) is 15.5 Å². The van der Waals surface area contributed by atoms with E-state index < -0.39 is 11.1 Å². The molecule has 0 bridgehead atoms. The van der Waals surface area contributed by atoms with Crippen LogP contribution < -0.4 is 10.6 Å². The summed E-state index contributed by atoms with van der Waals surface area (Å²) in [5.74, 6) is 0.768. The van der Waals surface area contributed by atoms with E-state index in [1.165, 1.54) is 23.1 Å². The van der Waals surface area contributed by atoms with Gasteiger partial charge in [0, 0.05) is 35.7 Å². The molecule has 3 aromatic rings. The zero-order chi connectivity index (χ0) is 21.0. The average molecular weight is 445 g/mol. The molecule has 0 radical (unpaired) electrons. The number of nitro benzene ring substituents is 1. The van der Waals surface area contributed by atoms with Gasteiger partial charge in [0.25, 0.3) is 11.6 Å². The predicted molar refractivity (Wildman–Crippen MR) is 114 cm³/mol. The average Bonchev–Trinajstić information content (AvgIpc) is 3.32. The Morgan fingerprint density at radius 1 is 1.30 bits per heavy atom. The summed E-state index contributed by atoms with van der Waals surface area (Å²) in [4.78, 5) is 26.9. The van der Waals surface area contributed by atoms with E-state index in [4.69, 9.17) is 16.0 Å². The molecule has 10 heteroatoms. The highest BCUT2D eigenvalue weighted by Crippen LogP contribution is 2.41. The molecule has 0 aliphatic carbocycles. The number of amides is 1. The van der Waals surface area contributed by atoms with Crippen LogP contribution in [0.3, 0.4) is 0 Å². The van der Waals surface area contributed by atoms with Gasteiger partial charge >= 0.3 is 0 Å². The molecular formula is C20H17ClN4O4S. The molecule has 5 rings (SSSR count). The Labute approximate surface area is 180 Å². The number of benzene rings is 1. The number of hydrogen-bond donors (Lipinski definition) is 2. The molecule has 2 aliphatic rings. The lowest BCUT2D eigenvalue weighted by Crippen LogP contribution is -2.38. The second kappa shape index (κ2) is 7.12. The summed E-state index contributed by atoms with van der Waals surface area (Å²) in [6.07, 6.45) is 0.321. The highest BCUT2D eigenvalue weighted by Gasteiger charge is 2.34. The standard InChI is InChI=1S/C20H17ClN4O4S/c1-24-7-6-11-16(9-24)30-20-17(11)19(26)22-18(23-20)15-5-4-14(29-15)12-8-10(25(27)28)2-3-13(12)21/h2-5,8,18,23H,6-7,9H2,1H3,(H,22,26)/t18-/m1/s1. The Bertz CT molecular complexity index is 1190. The summed E-state index contributed by atoms with van der Waals surface area (Å²) in [7, 11) is 2.07. The highest BCUT2D eigenvalue weighted by atomic mass is 35.5. The summed E-state index contributed by atoms with van der Waals surface area (Å²) in [5.41, 5.74) is 2.21. The van der Waals surface area contributed by atoms with Crippen molar-refractivity contribution >= 4 is 39.5 Å². The maximum absolute atomic E-state index is 12.8. The van der Waals surface area contributed by atoms with Gasteiger partial charge in [-0.3, -0.25) is 14.9 Å². The fraction of sp³-hybridized carbons (Fsp3) is 0.250. The van der Waals surface area contributed by atoms with Crippen molar-refractivity contribution in [2.75, 3.05) is 18.9 Å². The number of thiophene rings is 1. The van der Waals surface area contributed by atoms with E-state index in [1.807, 2.05) is 0 Å². The lowest BCUT2D eigenvalue weighted by atomic mass is 10.0. The number of non-ortho nitro benzene ring substituents is 1. The number of nitro groups is 1. The molecule has 0 fully saturated rings. The quantitative estimate of drug-likeness (QED) is 0.458. The van der Waals surface area contributed by atoms with Crippen molar-refractivity contribution < 1.29 is 14.1 Å². The number of hydrogen-bond acceptors (Lipinski definition) is 7. The maximum atomic E-state index is 12.8. The fourth-order valence-electron chi connectivity index (χ4n) is 3.85. The molecule has 1 aromatic carbocycles. The third-order valence-corrected chi connectivity index (χ3v) is 6.84. The van der Waals surface area contributed by atoms with E-state index in [-0.39, 0.29) is 11.6 Å². The number of anilines is 1. The molecule has 1 atom stereocenters. The normalized spacial score (nSPS) is 18.3. The zero-order valence-corrected chi connectivity index (χ0v) is 17.5. The Kier molecular flexibility index (Phi) is 4.53. The SMILES string of the molecule is CN1CCc2c(sc3c2C(=O)N[C@@H](c2ccc(-c4cc([N+](=O)[O-])ccc4Cl)o2)N3)C1. The molecule has 2 N–H and O–H groups in total. The van der Waals surface area contributed by atoms with E-state index in [9.17, 15) is 14.9 Å². The Balaban J connectivity index is 1.45. The van der Waals surface area contributed by atoms with Gasteiger partial charge in [-0.1, -0.05) is 11.6 Å². The van der Waals surface area contributed by atoms with Crippen LogP contribution in [0.2, 0.25) is 5.02 Å². The second-order valence-electron chi connectivity index (χ2n) is 7.37. The lowest BCUT2D eigenvalue weighted by molar-refractivity contribution is -0.384. The molecular weight excluding hydrogens is 428 g/mol. The third kappa shape index (κ3) is 3.15. The number of carbonyl (C=O) groups excluding carboxylic acids is 1. The number of likely N-dealkylation sites (N-methyl/N-ethyl adjacent to an activating group) is 1. The van der Waals surface area contributed by atoms with Crippen molar-refractivity contribution in [1.29, 1.82) is 0 Å². The number of nitrogens with one attached hydrogen (secondary N) is 2. The first kappa shape index (κ1) is 19.1. The molecule has 0 saturated heterocycles. The Hall–Kier alpha value is -2.88. The summed E-state index contributed by atoms with van der Waals surface area (Å²) in [6.45, 7) is 1.77. The van der Waals surface area contributed by atoms with E-state index >= 15 is 0 Å². The molecule has 0 saturated carbocycles. The van der Waals surface area contributed by atoms with Crippen LogP contribution in [0.1, 0.15) is 32.7 Å². The zero-order valence-electron chi connectivity index (χ0n) is 15.9. The van der Waals surface area contributed by atoms with Gasteiger partial charge in [-0.05, 0) is 37.2 Å². The number of carbonyl (C=O) groups is 1. The monoisotopic (exact) mass is 444 g/mol. The molecule has 1 amide bonds. The van der Waals surface area contributed by atoms with Gasteiger partial charge in [-0.15, -0.1) is 11.3 Å². The molecule has 154 valence electrons. The predicted octanol–water partition coefficient (Wildman–Crippen LogP) is 4.41. The smallest absolute Gasteiger partial charge is 0.270 e. The summed E-state index contributed by atoms with van der Waals surface area (Å²) >= 11 is 7.82. The molecule has 0 unspecified atom stereocenters. The fourth-order valence-corrected chi connectivity index (χ4v) is 5.42. The van der Waals surface area contributed by atoms with Crippen LogP contribution in [-0.2, 0) is 13.0 Å². The van der Waals surface area contributed by atoms with Crippen molar-refractivity contribution in [1.82, 2.24) is 10.2 Å². The molecule has 2 aromatic heterocycles. The van der Waals surface area contributed by atoms with E-state index in [0.29, 0.717) is 22.1 Å². The van der Waals surface area contributed by atoms with Crippen LogP contribution in [0.4, 0.5) is 10.7 Å². The van der Waals surface area contributed by atoms with Gasteiger partial charge in [-0.25, -0.2) is 0 Å². The van der Waals surface area contributed by atoms with Crippen molar-refractivity contribution in [3.05, 3.63) is 67.2 Å². The highest BCUT2D eigenvalue weighted by molar-refractivity contribution is 7.16. The minimum absolute atomic E-state index is 0.0739. The number of rotatable bonds is 3. The number of furan rings is 1. The second-order valence-corrected chi connectivity index (χ2v) is 8.88. The summed E-state index contributed by atoms with van der Waals surface area (Å²) in [6, 6.07) is 7.61. The van der Waals surface area contributed by atoms with Crippen molar-refractivity contribution in [3.63, 3.8) is 0 Å². The first-order valence-corrected chi connectivity index (χ1v) is 10.5. The summed E-state index contributed by atoms with van der Waals surface area (Å²) < 4.78 is 5.92. The Morgan fingerprint density at radius 2 is 2.13 bits per heavy atom. The van der Waals surface area contributed by atoms with Gasteiger partial charge in [0.2, 0.25) is 0 Å². The van der Waals surface area contributed by atoms with Crippen LogP contribution in [-0.4, -0.2) is 29.3 Å². The first-order chi connectivity index (χ1) is 14.4. The van der Waals surface area contributed by atoms with Crippen molar-refractivity contribution in [2.24, 2.45) is 0 Å². The number of fused-ring (bicyclic) bond motifs is 3. The van der Waals surface area contributed by atoms with E-state index in [1.54, 1.807) is 23.5 Å². The van der Waals surface area contributed by atoms with E-state index in [0.717, 1.165) is 35.6 Å². The minimum Gasteiger partial charge on any atom is -0.457 e. The Morgan fingerprint density at radius 3 is 2.93 bits per heavy atom. The molecule has 2 aliphatic heterocycles. The maximum Gasteiger partial charge on any atom is 0.270 e. The van der Waals surface area contributed by atoms with Crippen LogP contribution in [0.5, 0.6) is 0 Å². The van der Waals surface area contributed by atoms with Gasteiger partial charge < -0.3 is 20.0 Å². The van der Waals surface area contributed by atoms with Gasteiger partial charge in [-0.2, -0.15) is 0 Å². The van der Waals surface area contributed by atoms with Crippen LogP contribution >= 0.6 is 22.9 Å². The largest absolute Gasteiger partial charge is 0.457 e. The molecule has 0 spiro atoms. The van der Waals surface area contributed by atoms with E-state index in [2.05, 4.69) is 22.6 Å². The molecule has 30 heavy (non-hydrogen) atoms. The van der Waals surface area contributed by atoms with Gasteiger partial charge in [0.15, 0.2) is 6.17 Å². The lowest BCUT2D eigenvalue weighted by Gasteiger charge is -2.26. The number of nitrogens with zero attached hydrogens (tertiary/aromatic N) is 2. The molecule has 4 heterocycles. The van der Waals surface area contributed by atoms with Gasteiger partial charge in [0.1, 0.15) is 16.5 Å². The minimum atomic E-state index is -0.533. The molecule has 8 nitrogen and oxygen atoms in total. The topological polar surface area (TPSA) is 101 Å². The van der Waals surface area contributed by atoms with Crippen molar-refractivity contribution in [3.8, 4) is 11.3 Å². The summed E-state index contributed by atoms with van der Waals surface area (Å²) in [5, 5.41) is 18.6. The van der Waals surface area contributed by atoms with Crippen LogP contribution in [0, 0.1) is 10.1 Å². The number of halogens is 1. The van der Waals surface area contributed by atoms with Crippen molar-refractivity contribution in [2.45, 2.75) is 19.1 Å².